The van der Waals surface area contributed by atoms with Gasteiger partial charge in [0.25, 0.3) is 5.97 Å². The summed E-state index contributed by atoms with van der Waals surface area (Å²) in [4.78, 5) is 29.5. The highest BCUT2D eigenvalue weighted by atomic mass is 16.4. The number of carbonyl (C=O) groups is 3. The molecule has 9 heteroatoms. The molecule has 9 nitrogen and oxygen atoms in total. The van der Waals surface area contributed by atoms with Crippen LogP contribution in [-0.2, 0) is 20.8 Å². The van der Waals surface area contributed by atoms with Crippen LogP contribution in [0.1, 0.15) is 31.7 Å². The van der Waals surface area contributed by atoms with E-state index in [9.17, 15) is 9.59 Å². The van der Waals surface area contributed by atoms with E-state index in [1.54, 1.807) is 0 Å². The van der Waals surface area contributed by atoms with Crippen LogP contribution in [0.5, 0.6) is 0 Å². The van der Waals surface area contributed by atoms with Crippen molar-refractivity contribution in [1.82, 2.24) is 0 Å². The number of benzene rings is 3. The third-order valence-electron chi connectivity index (χ3n) is 4.56. The van der Waals surface area contributed by atoms with Gasteiger partial charge in [-0.25, -0.2) is 0 Å². The lowest BCUT2D eigenvalue weighted by Gasteiger charge is -2.04. The van der Waals surface area contributed by atoms with Crippen molar-refractivity contribution in [2.24, 2.45) is 17.2 Å². The molecule has 3 aromatic rings. The molecule has 2 atom stereocenters. The second kappa shape index (κ2) is 19.5. The number of hydrogen-bond donors (Lipinski definition) is 6. The van der Waals surface area contributed by atoms with E-state index in [-0.39, 0.29) is 0 Å². The zero-order chi connectivity index (χ0) is 27.3. The highest BCUT2D eigenvalue weighted by Gasteiger charge is 2.11. The fourth-order valence-electron chi connectivity index (χ4n) is 2.72. The van der Waals surface area contributed by atoms with E-state index < -0.39 is 30.0 Å². The van der Waals surface area contributed by atoms with Gasteiger partial charge >= 0.3 is 11.9 Å². The quantitative estimate of drug-likeness (QED) is 0.253. The van der Waals surface area contributed by atoms with Crippen LogP contribution in [0.2, 0.25) is 0 Å². The van der Waals surface area contributed by atoms with Gasteiger partial charge in [0.1, 0.15) is 12.1 Å². The van der Waals surface area contributed by atoms with Gasteiger partial charge < -0.3 is 32.5 Å². The molecule has 36 heavy (non-hydrogen) atoms. The molecule has 3 aromatic carbocycles. The fraction of sp³-hybridized carbons (Fsp3) is 0.296. The number of rotatable bonds is 8. The molecule has 9 N–H and O–H groups in total. The number of nitrogens with two attached hydrogens (primary N) is 3. The molecular weight excluding hydrogens is 462 g/mol. The Balaban J connectivity index is 0.000000477. The van der Waals surface area contributed by atoms with Gasteiger partial charge in [-0.2, -0.15) is 0 Å². The Morgan fingerprint density at radius 2 is 1.08 bits per heavy atom. The molecule has 2 unspecified atom stereocenters. The number of aliphatic carboxylic acids is 3. The van der Waals surface area contributed by atoms with Crippen molar-refractivity contribution in [1.29, 1.82) is 0 Å². The fourth-order valence-corrected chi connectivity index (χ4v) is 2.72. The highest BCUT2D eigenvalue weighted by Crippen LogP contribution is 2.11. The zero-order valence-corrected chi connectivity index (χ0v) is 20.5. The normalized spacial score (nSPS) is 11.2. The molecule has 0 spiro atoms. The number of carboxylic acid groups (broad SMARTS) is 3. The van der Waals surface area contributed by atoms with Crippen LogP contribution >= 0.6 is 0 Å². The average Bonchev–Trinajstić information content (AvgIpc) is 2.85. The van der Waals surface area contributed by atoms with Crippen LogP contribution in [0.4, 0.5) is 0 Å². The molecule has 0 saturated heterocycles. The Hall–Kier alpha value is -3.79. The molecule has 0 aliphatic carbocycles. The van der Waals surface area contributed by atoms with Gasteiger partial charge in [0.05, 0.1) is 0 Å². The lowest BCUT2D eigenvalue weighted by molar-refractivity contribution is -0.139. The summed E-state index contributed by atoms with van der Waals surface area (Å²) in [5.74, 6) is -2.73. The van der Waals surface area contributed by atoms with E-state index in [1.807, 2.05) is 30.3 Å². The minimum Gasteiger partial charge on any atom is -0.481 e. The van der Waals surface area contributed by atoms with E-state index in [1.165, 1.54) is 10.8 Å². The van der Waals surface area contributed by atoms with Gasteiger partial charge in [0.15, 0.2) is 0 Å². The summed E-state index contributed by atoms with van der Waals surface area (Å²) in [6, 6.07) is 24.5. The van der Waals surface area contributed by atoms with Crippen LogP contribution in [0.3, 0.4) is 0 Å². The summed E-state index contributed by atoms with van der Waals surface area (Å²) in [6.07, 6.45) is 2.55. The van der Waals surface area contributed by atoms with Gasteiger partial charge in [-0.15, -0.1) is 0 Å². The molecule has 0 aromatic heterocycles. The second-order valence-electron chi connectivity index (χ2n) is 7.73. The third kappa shape index (κ3) is 16.8. The van der Waals surface area contributed by atoms with Crippen molar-refractivity contribution in [2.75, 3.05) is 6.54 Å². The van der Waals surface area contributed by atoms with Crippen LogP contribution in [0.15, 0.2) is 78.9 Å². The Labute approximate surface area is 211 Å². The van der Waals surface area contributed by atoms with Gasteiger partial charge in [0.2, 0.25) is 0 Å². The van der Waals surface area contributed by atoms with Crippen molar-refractivity contribution in [3.8, 4) is 0 Å². The van der Waals surface area contributed by atoms with E-state index in [4.69, 9.17) is 37.3 Å². The van der Waals surface area contributed by atoms with Crippen molar-refractivity contribution >= 4 is 28.7 Å². The van der Waals surface area contributed by atoms with Crippen molar-refractivity contribution < 1.29 is 29.7 Å². The number of fused-ring (bicyclic) bond motifs is 1. The number of carboxylic acids is 3. The number of unbranched alkanes of at least 4 members (excludes halogenated alkanes) is 1. The highest BCUT2D eigenvalue weighted by molar-refractivity contribution is 5.82. The minimum absolute atomic E-state index is 0.385. The Kier molecular flexibility index (Phi) is 17.5. The third-order valence-corrected chi connectivity index (χ3v) is 4.56. The maximum absolute atomic E-state index is 10.4. The van der Waals surface area contributed by atoms with Crippen LogP contribution in [0.25, 0.3) is 10.8 Å². The summed E-state index contributed by atoms with van der Waals surface area (Å²) in [6.45, 7) is 1.69. The summed E-state index contributed by atoms with van der Waals surface area (Å²) < 4.78 is 0. The maximum atomic E-state index is 10.4. The largest absolute Gasteiger partial charge is 0.481 e. The smallest absolute Gasteiger partial charge is 0.320 e. The molecule has 196 valence electrons. The second-order valence-corrected chi connectivity index (χ2v) is 7.73. The van der Waals surface area contributed by atoms with Gasteiger partial charge in [-0.05, 0) is 42.1 Å². The zero-order valence-electron chi connectivity index (χ0n) is 20.5. The van der Waals surface area contributed by atoms with Gasteiger partial charge in [-0.1, -0.05) is 85.3 Å². The molecule has 3 rings (SSSR count). The summed E-state index contributed by atoms with van der Waals surface area (Å²) in [7, 11) is 0. The topological polar surface area (TPSA) is 190 Å². The van der Waals surface area contributed by atoms with Crippen LogP contribution in [0, 0.1) is 0 Å². The van der Waals surface area contributed by atoms with E-state index in [0.717, 1.165) is 25.3 Å². The first-order valence-corrected chi connectivity index (χ1v) is 11.4. The molecule has 0 fully saturated rings. The first kappa shape index (κ1) is 32.2. The minimum atomic E-state index is -0.959. The molecule has 0 heterocycles. The predicted molar refractivity (Wildman–Crippen MR) is 142 cm³/mol. The maximum Gasteiger partial charge on any atom is 0.320 e. The molecular formula is C27H37N3O6. The average molecular weight is 500 g/mol. The van der Waals surface area contributed by atoms with E-state index >= 15 is 0 Å². The van der Waals surface area contributed by atoms with Crippen molar-refractivity contribution in [2.45, 2.75) is 44.7 Å². The molecule has 0 amide bonds. The van der Waals surface area contributed by atoms with Crippen molar-refractivity contribution in [3.63, 3.8) is 0 Å². The van der Waals surface area contributed by atoms with Crippen LogP contribution in [-0.4, -0.2) is 51.9 Å². The molecule has 0 bridgehead atoms. The van der Waals surface area contributed by atoms with Gasteiger partial charge in [0, 0.05) is 6.92 Å². The predicted octanol–water partition coefficient (Wildman–Crippen LogP) is 3.10. The van der Waals surface area contributed by atoms with Gasteiger partial charge in [-0.3, -0.25) is 14.4 Å². The lowest BCUT2D eigenvalue weighted by atomic mass is 10.1. The molecule has 0 aliphatic rings. The number of hydrogen-bond acceptors (Lipinski definition) is 6. The van der Waals surface area contributed by atoms with E-state index in [2.05, 4.69) is 48.5 Å². The molecule has 0 aliphatic heterocycles. The first-order chi connectivity index (χ1) is 17.1. The Morgan fingerprint density at radius 1 is 0.694 bits per heavy atom. The SMILES string of the molecule is CC(=O)O.NC(Cc1ccccc1)C(=O)O.NCCCCC(N)C(=O)O.c1ccc2ccccc2c1. The Bertz CT molecular complexity index is 961. The summed E-state index contributed by atoms with van der Waals surface area (Å²) >= 11 is 0. The standard InChI is InChI=1S/C10H8.C9H11NO2.C6H14N2O2.C2H4O2/c1-2-6-10-8-4-3-7-9(10)5-1;10-8(9(11)12)6-7-4-2-1-3-5-7;7-4-2-1-3-5(8)6(9)10;1-2(3)4/h1-8H;1-5,8H,6,10H2,(H,11,12);5H,1-4,7-8H2,(H,9,10);1H3,(H,3,4). The monoisotopic (exact) mass is 499 g/mol. The molecule has 0 radical (unpaired) electrons. The molecule has 0 saturated carbocycles. The first-order valence-electron chi connectivity index (χ1n) is 11.4. The van der Waals surface area contributed by atoms with Crippen LogP contribution < -0.4 is 17.2 Å². The Morgan fingerprint density at radius 3 is 1.44 bits per heavy atom. The summed E-state index contributed by atoms with van der Waals surface area (Å²) in [5, 5.41) is 26.9. The lowest BCUT2D eigenvalue weighted by Crippen LogP contribution is -2.32. The summed E-state index contributed by atoms with van der Waals surface area (Å²) in [5.41, 5.74) is 16.7. The van der Waals surface area contributed by atoms with Crippen molar-refractivity contribution in [3.05, 3.63) is 84.4 Å². The van der Waals surface area contributed by atoms with E-state index in [0.29, 0.717) is 19.4 Å².